The van der Waals surface area contributed by atoms with Crippen molar-refractivity contribution in [2.24, 2.45) is 11.7 Å². The van der Waals surface area contributed by atoms with Crippen LogP contribution in [0, 0.1) is 19.8 Å². The highest BCUT2D eigenvalue weighted by molar-refractivity contribution is 7.89. The van der Waals surface area contributed by atoms with Crippen LogP contribution in [0.15, 0.2) is 17.0 Å². The summed E-state index contributed by atoms with van der Waals surface area (Å²) in [6.07, 6.45) is 0.769. The van der Waals surface area contributed by atoms with Crippen molar-refractivity contribution in [3.63, 3.8) is 0 Å². The zero-order valence-corrected chi connectivity index (χ0v) is 13.8. The van der Waals surface area contributed by atoms with E-state index in [1.165, 1.54) is 0 Å². The van der Waals surface area contributed by atoms with Gasteiger partial charge in [0.25, 0.3) is 0 Å². The van der Waals surface area contributed by atoms with Gasteiger partial charge in [-0.1, -0.05) is 26.8 Å². The smallest absolute Gasteiger partial charge is 0.241 e. The number of hydrogen-bond donors (Lipinski definition) is 2. The van der Waals surface area contributed by atoms with Gasteiger partial charge >= 0.3 is 0 Å². The van der Waals surface area contributed by atoms with E-state index in [1.807, 2.05) is 40.7 Å². The highest BCUT2D eigenvalue weighted by Crippen LogP contribution is 2.21. The molecule has 0 spiro atoms. The van der Waals surface area contributed by atoms with Crippen molar-refractivity contribution in [1.29, 1.82) is 0 Å². The van der Waals surface area contributed by atoms with Crippen LogP contribution >= 0.6 is 0 Å². The van der Waals surface area contributed by atoms with Crippen LogP contribution in [0.5, 0.6) is 0 Å². The standard InChI is InChI=1S/C15H26N2O2S/c1-6-14(10(2)3)17-20(18,19)15-8-13(9-16)11(4)7-12(15)5/h7-8,10,14,17H,6,9,16H2,1-5H3. The summed E-state index contributed by atoms with van der Waals surface area (Å²) in [5.41, 5.74) is 8.33. The Morgan fingerprint density at radius 1 is 1.20 bits per heavy atom. The molecule has 0 heterocycles. The van der Waals surface area contributed by atoms with E-state index in [0.717, 1.165) is 23.1 Å². The highest BCUT2D eigenvalue weighted by atomic mass is 32.2. The Labute approximate surface area is 122 Å². The second-order valence-electron chi connectivity index (χ2n) is 5.63. The molecule has 5 heteroatoms. The molecule has 1 unspecified atom stereocenters. The van der Waals surface area contributed by atoms with Gasteiger partial charge in [-0.15, -0.1) is 0 Å². The Morgan fingerprint density at radius 2 is 1.80 bits per heavy atom. The van der Waals surface area contributed by atoms with Crippen LogP contribution in [0.3, 0.4) is 0 Å². The van der Waals surface area contributed by atoms with Gasteiger partial charge in [0.05, 0.1) is 4.90 Å². The molecule has 0 saturated heterocycles. The van der Waals surface area contributed by atoms with Gasteiger partial charge in [0.2, 0.25) is 10.0 Å². The Morgan fingerprint density at radius 3 is 2.25 bits per heavy atom. The average Bonchev–Trinajstić information content (AvgIpc) is 2.35. The minimum absolute atomic E-state index is 0.0537. The van der Waals surface area contributed by atoms with E-state index in [-0.39, 0.29) is 12.0 Å². The number of sulfonamides is 1. The van der Waals surface area contributed by atoms with Gasteiger partial charge in [0, 0.05) is 12.6 Å². The highest BCUT2D eigenvalue weighted by Gasteiger charge is 2.23. The number of nitrogens with two attached hydrogens (primary N) is 1. The number of hydrogen-bond acceptors (Lipinski definition) is 3. The molecule has 0 aromatic heterocycles. The summed E-state index contributed by atoms with van der Waals surface area (Å²) in [6.45, 7) is 10.1. The third-order valence-corrected chi connectivity index (χ3v) is 5.33. The summed E-state index contributed by atoms with van der Waals surface area (Å²) < 4.78 is 27.9. The summed E-state index contributed by atoms with van der Waals surface area (Å²) in [7, 11) is -3.50. The first-order valence-corrected chi connectivity index (χ1v) is 8.53. The number of rotatable bonds is 6. The largest absolute Gasteiger partial charge is 0.326 e. The van der Waals surface area contributed by atoms with E-state index in [2.05, 4.69) is 4.72 Å². The van der Waals surface area contributed by atoms with Crippen molar-refractivity contribution in [3.8, 4) is 0 Å². The van der Waals surface area contributed by atoms with Crippen molar-refractivity contribution in [2.45, 2.75) is 58.5 Å². The quantitative estimate of drug-likeness (QED) is 0.847. The maximum atomic E-state index is 12.6. The molecule has 0 saturated carbocycles. The molecule has 4 nitrogen and oxygen atoms in total. The molecule has 3 N–H and O–H groups in total. The molecule has 114 valence electrons. The van der Waals surface area contributed by atoms with Gasteiger partial charge in [-0.05, 0) is 48.9 Å². The van der Waals surface area contributed by atoms with Crippen LogP contribution in [0.1, 0.15) is 43.9 Å². The lowest BCUT2D eigenvalue weighted by Crippen LogP contribution is -2.38. The molecule has 1 aromatic rings. The van der Waals surface area contributed by atoms with Crippen LogP contribution in [0.4, 0.5) is 0 Å². The lowest BCUT2D eigenvalue weighted by molar-refractivity contribution is 0.437. The van der Waals surface area contributed by atoms with Crippen LogP contribution in [0.25, 0.3) is 0 Å². The molecular weight excluding hydrogens is 272 g/mol. The van der Waals surface area contributed by atoms with Gasteiger partial charge in [-0.2, -0.15) is 0 Å². The topological polar surface area (TPSA) is 72.2 Å². The Bertz CT molecular complexity index is 565. The summed E-state index contributed by atoms with van der Waals surface area (Å²) in [6, 6.07) is 3.52. The van der Waals surface area contributed by atoms with Crippen molar-refractivity contribution in [3.05, 3.63) is 28.8 Å². The predicted molar refractivity (Wildman–Crippen MR) is 83.0 cm³/mol. The zero-order valence-electron chi connectivity index (χ0n) is 13.0. The fourth-order valence-electron chi connectivity index (χ4n) is 2.34. The van der Waals surface area contributed by atoms with Crippen molar-refractivity contribution >= 4 is 10.0 Å². The SMILES string of the molecule is CCC(NS(=O)(=O)c1cc(CN)c(C)cc1C)C(C)C. The lowest BCUT2D eigenvalue weighted by atomic mass is 10.0. The number of nitrogens with one attached hydrogen (secondary N) is 1. The van der Waals surface area contributed by atoms with Crippen molar-refractivity contribution < 1.29 is 8.42 Å². The monoisotopic (exact) mass is 298 g/mol. The first-order chi connectivity index (χ1) is 9.22. The minimum atomic E-state index is -3.50. The summed E-state index contributed by atoms with van der Waals surface area (Å²) in [5, 5.41) is 0. The normalized spacial score (nSPS) is 13.8. The van der Waals surface area contributed by atoms with Crippen molar-refractivity contribution in [2.75, 3.05) is 0 Å². The van der Waals surface area contributed by atoms with E-state index >= 15 is 0 Å². The Balaban J connectivity index is 3.22. The van der Waals surface area contributed by atoms with E-state index in [1.54, 1.807) is 6.07 Å². The van der Waals surface area contributed by atoms with E-state index in [9.17, 15) is 8.42 Å². The Kier molecular flexibility index (Phi) is 5.74. The molecule has 0 aliphatic rings. The molecule has 0 fully saturated rings. The van der Waals surface area contributed by atoms with Crippen LogP contribution in [-0.4, -0.2) is 14.5 Å². The molecule has 20 heavy (non-hydrogen) atoms. The fraction of sp³-hybridized carbons (Fsp3) is 0.600. The fourth-order valence-corrected chi connectivity index (χ4v) is 4.08. The van der Waals surface area contributed by atoms with Gasteiger partial charge in [-0.25, -0.2) is 13.1 Å². The first kappa shape index (κ1) is 17.1. The molecule has 1 atom stereocenters. The molecule has 0 bridgehead atoms. The average molecular weight is 298 g/mol. The maximum absolute atomic E-state index is 12.6. The van der Waals surface area contributed by atoms with E-state index in [0.29, 0.717) is 11.4 Å². The maximum Gasteiger partial charge on any atom is 0.241 e. The van der Waals surface area contributed by atoms with Crippen molar-refractivity contribution in [1.82, 2.24) is 4.72 Å². The predicted octanol–water partition coefficient (Wildman–Crippen LogP) is 2.48. The third-order valence-electron chi connectivity index (χ3n) is 3.69. The second-order valence-corrected chi connectivity index (χ2v) is 7.31. The molecule has 0 radical (unpaired) electrons. The van der Waals surface area contributed by atoms with Crippen LogP contribution in [0.2, 0.25) is 0 Å². The minimum Gasteiger partial charge on any atom is -0.326 e. The summed E-state index contributed by atoms with van der Waals surface area (Å²) in [5.74, 6) is 0.259. The second kappa shape index (κ2) is 6.70. The molecule has 1 rings (SSSR count). The van der Waals surface area contributed by atoms with Crippen LogP contribution < -0.4 is 10.5 Å². The summed E-state index contributed by atoms with van der Waals surface area (Å²) >= 11 is 0. The van der Waals surface area contributed by atoms with E-state index in [4.69, 9.17) is 5.73 Å². The van der Waals surface area contributed by atoms with Gasteiger partial charge < -0.3 is 5.73 Å². The van der Waals surface area contributed by atoms with Gasteiger partial charge in [-0.3, -0.25) is 0 Å². The van der Waals surface area contributed by atoms with E-state index < -0.39 is 10.0 Å². The summed E-state index contributed by atoms with van der Waals surface area (Å²) in [4.78, 5) is 0.336. The number of aryl methyl sites for hydroxylation is 2. The molecule has 1 aromatic carbocycles. The third kappa shape index (κ3) is 3.81. The molecule has 0 aliphatic heterocycles. The van der Waals surface area contributed by atoms with Crippen LogP contribution in [-0.2, 0) is 16.6 Å². The number of benzene rings is 1. The molecule has 0 aliphatic carbocycles. The molecular formula is C15H26N2O2S. The lowest BCUT2D eigenvalue weighted by Gasteiger charge is -2.21. The molecule has 0 amide bonds. The van der Waals surface area contributed by atoms with Gasteiger partial charge in [0.15, 0.2) is 0 Å². The Hall–Kier alpha value is -0.910. The first-order valence-electron chi connectivity index (χ1n) is 7.05. The van der Waals surface area contributed by atoms with Gasteiger partial charge in [0.1, 0.15) is 0 Å². The zero-order chi connectivity index (χ0) is 15.5.